The summed E-state index contributed by atoms with van der Waals surface area (Å²) in [6.07, 6.45) is 4.88. The minimum absolute atomic E-state index is 0.799. The van der Waals surface area contributed by atoms with Gasteiger partial charge < -0.3 is 5.32 Å². The van der Waals surface area contributed by atoms with Crippen LogP contribution in [0.15, 0.2) is 26.4 Å². The van der Waals surface area contributed by atoms with E-state index >= 15 is 0 Å². The SMILES string of the molecule is C1=NC2=NC3=C(CCCN3)CC2=N1. The van der Waals surface area contributed by atoms with Gasteiger partial charge in [-0.05, 0) is 18.4 Å². The van der Waals surface area contributed by atoms with Crippen LogP contribution < -0.4 is 5.32 Å². The maximum absolute atomic E-state index is 4.42. The second-order valence-corrected chi connectivity index (χ2v) is 3.42. The van der Waals surface area contributed by atoms with Crippen molar-refractivity contribution in [3.05, 3.63) is 11.4 Å². The Kier molecular flexibility index (Phi) is 1.36. The first-order chi connectivity index (χ1) is 6.43. The van der Waals surface area contributed by atoms with Gasteiger partial charge >= 0.3 is 0 Å². The number of allylic oxidation sites excluding steroid dienone is 1. The van der Waals surface area contributed by atoms with E-state index in [-0.39, 0.29) is 0 Å². The number of amidine groups is 1. The average molecular weight is 174 g/mol. The molecule has 3 heterocycles. The molecule has 0 saturated carbocycles. The van der Waals surface area contributed by atoms with Gasteiger partial charge in [-0.3, -0.25) is 0 Å². The summed E-state index contributed by atoms with van der Waals surface area (Å²) in [4.78, 5) is 12.7. The van der Waals surface area contributed by atoms with Crippen LogP contribution in [0.3, 0.4) is 0 Å². The van der Waals surface area contributed by atoms with Crippen molar-refractivity contribution in [2.75, 3.05) is 6.54 Å². The van der Waals surface area contributed by atoms with E-state index in [1.54, 1.807) is 6.34 Å². The van der Waals surface area contributed by atoms with E-state index in [2.05, 4.69) is 20.3 Å². The Labute approximate surface area is 76.2 Å². The lowest BCUT2D eigenvalue weighted by molar-refractivity contribution is 0.646. The average Bonchev–Trinajstić information content (AvgIpc) is 2.61. The van der Waals surface area contributed by atoms with Crippen LogP contribution in [0.2, 0.25) is 0 Å². The minimum Gasteiger partial charge on any atom is -0.370 e. The molecule has 0 unspecified atom stereocenters. The van der Waals surface area contributed by atoms with Crippen molar-refractivity contribution in [2.45, 2.75) is 19.3 Å². The predicted molar refractivity (Wildman–Crippen MR) is 52.2 cm³/mol. The van der Waals surface area contributed by atoms with Gasteiger partial charge in [-0.25, -0.2) is 15.0 Å². The smallest absolute Gasteiger partial charge is 0.177 e. The number of rotatable bonds is 0. The van der Waals surface area contributed by atoms with Gasteiger partial charge in [0.2, 0.25) is 0 Å². The van der Waals surface area contributed by atoms with Crippen LogP contribution >= 0.6 is 0 Å². The molecule has 0 fully saturated rings. The van der Waals surface area contributed by atoms with Crippen molar-refractivity contribution in [1.82, 2.24) is 5.32 Å². The fourth-order valence-electron chi connectivity index (χ4n) is 1.85. The van der Waals surface area contributed by atoms with Crippen LogP contribution in [0.4, 0.5) is 0 Å². The van der Waals surface area contributed by atoms with Crippen LogP contribution in [0.25, 0.3) is 0 Å². The molecule has 0 amide bonds. The Morgan fingerprint density at radius 3 is 3.38 bits per heavy atom. The Morgan fingerprint density at radius 1 is 1.38 bits per heavy atom. The number of fused-ring (bicyclic) bond motifs is 1. The zero-order valence-electron chi connectivity index (χ0n) is 7.25. The highest BCUT2D eigenvalue weighted by Crippen LogP contribution is 2.24. The molecule has 13 heavy (non-hydrogen) atoms. The molecule has 4 nitrogen and oxygen atoms in total. The highest BCUT2D eigenvalue weighted by Gasteiger charge is 2.23. The summed E-state index contributed by atoms with van der Waals surface area (Å²) in [7, 11) is 0. The summed E-state index contributed by atoms with van der Waals surface area (Å²) in [5, 5.41) is 3.30. The van der Waals surface area contributed by atoms with Crippen molar-refractivity contribution >= 4 is 17.9 Å². The van der Waals surface area contributed by atoms with Gasteiger partial charge in [0, 0.05) is 13.0 Å². The Morgan fingerprint density at radius 2 is 2.38 bits per heavy atom. The minimum atomic E-state index is 0.799. The molecule has 3 aliphatic rings. The normalized spacial score (nSPS) is 24.6. The third-order valence-corrected chi connectivity index (χ3v) is 2.53. The molecule has 0 aromatic carbocycles. The molecule has 0 bridgehead atoms. The summed E-state index contributed by atoms with van der Waals surface area (Å²) in [5.74, 6) is 1.84. The van der Waals surface area contributed by atoms with E-state index in [1.165, 1.54) is 12.0 Å². The molecular weight excluding hydrogens is 164 g/mol. The molecule has 0 radical (unpaired) electrons. The molecule has 3 rings (SSSR count). The number of hydrogen-bond acceptors (Lipinski definition) is 4. The summed E-state index contributed by atoms with van der Waals surface area (Å²) in [5.41, 5.74) is 2.42. The third kappa shape index (κ3) is 1.02. The number of nitrogens with one attached hydrogen (secondary N) is 1. The molecule has 4 heteroatoms. The molecule has 0 saturated heterocycles. The second kappa shape index (κ2) is 2.52. The fourth-order valence-corrected chi connectivity index (χ4v) is 1.85. The predicted octanol–water partition coefficient (Wildman–Crippen LogP) is 0.867. The van der Waals surface area contributed by atoms with Crippen LogP contribution in [-0.4, -0.2) is 24.4 Å². The van der Waals surface area contributed by atoms with Gasteiger partial charge in [0.1, 0.15) is 12.2 Å². The van der Waals surface area contributed by atoms with Crippen molar-refractivity contribution in [3.8, 4) is 0 Å². The lowest BCUT2D eigenvalue weighted by atomic mass is 9.98. The summed E-state index contributed by atoms with van der Waals surface area (Å²) in [6.45, 7) is 1.03. The van der Waals surface area contributed by atoms with Gasteiger partial charge in [-0.2, -0.15) is 0 Å². The van der Waals surface area contributed by atoms with E-state index in [0.717, 1.165) is 36.8 Å². The zero-order valence-corrected chi connectivity index (χ0v) is 7.25. The lowest BCUT2D eigenvalue weighted by Crippen LogP contribution is -2.27. The van der Waals surface area contributed by atoms with Crippen LogP contribution in [-0.2, 0) is 0 Å². The van der Waals surface area contributed by atoms with Crippen LogP contribution in [0.5, 0.6) is 0 Å². The van der Waals surface area contributed by atoms with Crippen LogP contribution in [0, 0.1) is 0 Å². The van der Waals surface area contributed by atoms with Gasteiger partial charge in [0.15, 0.2) is 5.84 Å². The Hall–Kier alpha value is -1.45. The van der Waals surface area contributed by atoms with E-state index in [4.69, 9.17) is 0 Å². The summed E-state index contributed by atoms with van der Waals surface area (Å²) in [6, 6.07) is 0. The summed E-state index contributed by atoms with van der Waals surface area (Å²) >= 11 is 0. The molecule has 0 aromatic rings. The molecule has 3 aliphatic heterocycles. The highest BCUT2D eigenvalue weighted by molar-refractivity contribution is 6.47. The number of nitrogens with zero attached hydrogens (tertiary/aromatic N) is 3. The highest BCUT2D eigenvalue weighted by atomic mass is 15.1. The molecule has 0 aliphatic carbocycles. The van der Waals surface area contributed by atoms with E-state index in [9.17, 15) is 0 Å². The first kappa shape index (κ1) is 7.00. The molecule has 0 spiro atoms. The first-order valence-corrected chi connectivity index (χ1v) is 4.58. The molecular formula is C9H10N4. The molecule has 1 N–H and O–H groups in total. The molecule has 0 atom stereocenters. The second-order valence-electron chi connectivity index (χ2n) is 3.42. The van der Waals surface area contributed by atoms with Gasteiger partial charge in [-0.1, -0.05) is 0 Å². The number of aliphatic imine (C=N–C) groups is 3. The Bertz CT molecular complexity index is 373. The number of hydrogen-bond donors (Lipinski definition) is 1. The zero-order chi connectivity index (χ0) is 8.67. The van der Waals surface area contributed by atoms with Crippen molar-refractivity contribution in [1.29, 1.82) is 0 Å². The third-order valence-electron chi connectivity index (χ3n) is 2.53. The topological polar surface area (TPSA) is 49.1 Å². The van der Waals surface area contributed by atoms with Gasteiger partial charge in [0.05, 0.1) is 5.71 Å². The molecule has 66 valence electrons. The molecule has 0 aromatic heterocycles. The summed E-state index contributed by atoms with van der Waals surface area (Å²) < 4.78 is 0. The van der Waals surface area contributed by atoms with E-state index < -0.39 is 0 Å². The monoisotopic (exact) mass is 174 g/mol. The van der Waals surface area contributed by atoms with Crippen molar-refractivity contribution in [3.63, 3.8) is 0 Å². The van der Waals surface area contributed by atoms with Crippen molar-refractivity contribution < 1.29 is 0 Å². The first-order valence-electron chi connectivity index (χ1n) is 4.58. The largest absolute Gasteiger partial charge is 0.370 e. The van der Waals surface area contributed by atoms with Gasteiger partial charge in [-0.15, -0.1) is 0 Å². The van der Waals surface area contributed by atoms with E-state index in [0.29, 0.717) is 0 Å². The fraction of sp³-hybridized carbons (Fsp3) is 0.444. The Balaban J connectivity index is 2.03. The van der Waals surface area contributed by atoms with Crippen LogP contribution in [0.1, 0.15) is 19.3 Å². The van der Waals surface area contributed by atoms with Gasteiger partial charge in [0.25, 0.3) is 0 Å². The van der Waals surface area contributed by atoms with E-state index in [1.807, 2.05) is 0 Å². The standard InChI is InChI=1S/C9H10N4/c1-2-6-4-7-9(12-5-11-7)13-8(6)10-3-1/h5,10H,1-4H2. The maximum Gasteiger partial charge on any atom is 0.177 e. The quantitative estimate of drug-likeness (QED) is 0.582. The van der Waals surface area contributed by atoms with Crippen molar-refractivity contribution in [2.24, 2.45) is 15.0 Å². The maximum atomic E-state index is 4.42. The lowest BCUT2D eigenvalue weighted by Gasteiger charge is -2.22.